The van der Waals surface area contributed by atoms with Crippen molar-refractivity contribution in [1.82, 2.24) is 20.2 Å². The van der Waals surface area contributed by atoms with Gasteiger partial charge in [-0.2, -0.15) is 13.2 Å². The number of aliphatic hydroxyl groups is 1. The topological polar surface area (TPSA) is 81.6 Å². The number of carbonyl (C=O) groups is 1. The summed E-state index contributed by atoms with van der Waals surface area (Å²) in [6.07, 6.45) is -1.41. The highest BCUT2D eigenvalue weighted by molar-refractivity contribution is 5.86. The van der Waals surface area contributed by atoms with Crippen molar-refractivity contribution in [3.05, 3.63) is 53.0 Å². The molecule has 2 unspecified atom stereocenters. The molecule has 216 valence electrons. The zero-order valence-corrected chi connectivity index (χ0v) is 23.9. The number of piperazine rings is 1. The number of halogens is 5. The molecule has 4 atom stereocenters. The van der Waals surface area contributed by atoms with E-state index in [0.717, 1.165) is 29.9 Å². The second kappa shape index (κ2) is 11.8. The van der Waals surface area contributed by atoms with Crippen LogP contribution in [0.25, 0.3) is 0 Å². The SMILES string of the molecule is C[C@@H]1C[C@@H](O)c2ncnc(N3CCN(C(=O)C(c4cccc(C(F)(F)F)c4)C4CCC(C)(C)N4)CC3)c21.Cl.Cl. The Morgan fingerprint density at radius 1 is 1.15 bits per heavy atom. The Labute approximate surface area is 239 Å². The number of rotatable bonds is 4. The summed E-state index contributed by atoms with van der Waals surface area (Å²) in [5.41, 5.74) is 1.12. The van der Waals surface area contributed by atoms with Crippen LogP contribution in [0.3, 0.4) is 0 Å². The Balaban J connectivity index is 0.00000210. The quantitative estimate of drug-likeness (QED) is 0.531. The molecule has 12 heteroatoms. The molecule has 7 nitrogen and oxygen atoms in total. The van der Waals surface area contributed by atoms with E-state index in [9.17, 15) is 23.1 Å². The molecule has 2 saturated heterocycles. The summed E-state index contributed by atoms with van der Waals surface area (Å²) in [6.45, 7) is 8.15. The molecule has 39 heavy (non-hydrogen) atoms. The number of aliphatic hydroxyl groups excluding tert-OH is 1. The Bertz CT molecular complexity index is 1170. The second-order valence-corrected chi connectivity index (χ2v) is 11.2. The number of carbonyl (C=O) groups excluding carboxylic acids is 1. The van der Waals surface area contributed by atoms with Crippen LogP contribution < -0.4 is 10.2 Å². The number of aromatic nitrogens is 2. The second-order valence-electron chi connectivity index (χ2n) is 11.2. The molecular weight excluding hydrogens is 554 g/mol. The molecule has 3 aliphatic rings. The van der Waals surface area contributed by atoms with Gasteiger partial charge in [-0.15, -0.1) is 24.8 Å². The molecular formula is C27H36Cl2F3N5O2. The van der Waals surface area contributed by atoms with Gasteiger partial charge in [0.2, 0.25) is 5.91 Å². The summed E-state index contributed by atoms with van der Waals surface area (Å²) in [5, 5.41) is 13.8. The van der Waals surface area contributed by atoms with Crippen molar-refractivity contribution >= 4 is 36.5 Å². The lowest BCUT2D eigenvalue weighted by Crippen LogP contribution is -2.53. The van der Waals surface area contributed by atoms with Crippen LogP contribution >= 0.6 is 24.8 Å². The van der Waals surface area contributed by atoms with Gasteiger partial charge in [0.25, 0.3) is 0 Å². The lowest BCUT2D eigenvalue weighted by Gasteiger charge is -2.39. The first-order chi connectivity index (χ1) is 17.4. The largest absolute Gasteiger partial charge is 0.416 e. The molecule has 1 aliphatic carbocycles. The lowest BCUT2D eigenvalue weighted by atomic mass is 9.87. The highest BCUT2D eigenvalue weighted by Gasteiger charge is 2.42. The van der Waals surface area contributed by atoms with E-state index in [-0.39, 0.29) is 48.2 Å². The fourth-order valence-corrected chi connectivity index (χ4v) is 6.16. The van der Waals surface area contributed by atoms with Crippen molar-refractivity contribution in [3.8, 4) is 0 Å². The molecule has 3 heterocycles. The van der Waals surface area contributed by atoms with E-state index < -0.39 is 23.8 Å². The maximum Gasteiger partial charge on any atom is 0.416 e. The first-order valence-corrected chi connectivity index (χ1v) is 13.0. The van der Waals surface area contributed by atoms with Crippen LogP contribution in [0.2, 0.25) is 0 Å². The Hall–Kier alpha value is -2.14. The van der Waals surface area contributed by atoms with Crippen LogP contribution in [0.15, 0.2) is 30.6 Å². The summed E-state index contributed by atoms with van der Waals surface area (Å²) in [6, 6.07) is 4.97. The van der Waals surface area contributed by atoms with Crippen molar-refractivity contribution in [2.45, 2.75) is 75.7 Å². The van der Waals surface area contributed by atoms with Gasteiger partial charge in [0, 0.05) is 43.3 Å². The smallest absolute Gasteiger partial charge is 0.387 e. The molecule has 1 aromatic heterocycles. The number of anilines is 1. The first kappa shape index (κ1) is 31.4. The maximum atomic E-state index is 13.9. The predicted molar refractivity (Wildman–Crippen MR) is 148 cm³/mol. The minimum Gasteiger partial charge on any atom is -0.387 e. The van der Waals surface area contributed by atoms with Gasteiger partial charge in [0.05, 0.1) is 23.3 Å². The average Bonchev–Trinajstić information content (AvgIpc) is 3.36. The summed E-state index contributed by atoms with van der Waals surface area (Å²) in [7, 11) is 0. The summed E-state index contributed by atoms with van der Waals surface area (Å²) < 4.78 is 40.5. The fourth-order valence-electron chi connectivity index (χ4n) is 6.16. The Morgan fingerprint density at radius 3 is 2.46 bits per heavy atom. The maximum absolute atomic E-state index is 13.9. The van der Waals surface area contributed by atoms with E-state index in [0.29, 0.717) is 50.3 Å². The predicted octanol–water partition coefficient (Wildman–Crippen LogP) is 4.84. The standard InChI is InChI=1S/C27H34F3N5O2.2ClH/c1-16-13-20(36)23-21(16)24(32-15-31-23)34-9-11-35(12-10-34)25(37)22(19-7-8-26(2,3)33-19)17-5-4-6-18(14-17)27(28,29)30;;/h4-6,14-16,19-20,22,33,36H,7-13H2,1-3H3;2*1H/t16-,19?,20-,22?;;/m1../s1. The fraction of sp³-hybridized carbons (Fsp3) is 0.593. The van der Waals surface area contributed by atoms with E-state index in [1.165, 1.54) is 12.4 Å². The van der Waals surface area contributed by atoms with Crippen LogP contribution in [-0.4, -0.2) is 63.6 Å². The van der Waals surface area contributed by atoms with Gasteiger partial charge in [-0.05, 0) is 50.7 Å². The molecule has 0 saturated carbocycles. The van der Waals surface area contributed by atoms with Gasteiger partial charge in [-0.1, -0.05) is 25.1 Å². The number of fused-ring (bicyclic) bond motifs is 1. The van der Waals surface area contributed by atoms with Crippen molar-refractivity contribution in [2.75, 3.05) is 31.1 Å². The number of hydrogen-bond acceptors (Lipinski definition) is 6. The highest BCUT2D eigenvalue weighted by Crippen LogP contribution is 2.43. The van der Waals surface area contributed by atoms with Crippen molar-refractivity contribution in [2.24, 2.45) is 0 Å². The molecule has 2 fully saturated rings. The van der Waals surface area contributed by atoms with Crippen molar-refractivity contribution in [1.29, 1.82) is 0 Å². The highest BCUT2D eigenvalue weighted by atomic mass is 35.5. The summed E-state index contributed by atoms with van der Waals surface area (Å²) in [5.74, 6) is 0.0951. The van der Waals surface area contributed by atoms with Crippen LogP contribution in [0.4, 0.5) is 19.0 Å². The summed E-state index contributed by atoms with van der Waals surface area (Å²) in [4.78, 5) is 26.6. The molecule has 1 aromatic carbocycles. The van der Waals surface area contributed by atoms with Gasteiger partial charge < -0.3 is 20.2 Å². The van der Waals surface area contributed by atoms with Gasteiger partial charge in [-0.25, -0.2) is 9.97 Å². The minimum atomic E-state index is -4.47. The van der Waals surface area contributed by atoms with E-state index >= 15 is 0 Å². The lowest BCUT2D eigenvalue weighted by molar-refractivity contribution is -0.138. The van der Waals surface area contributed by atoms with Crippen molar-refractivity contribution < 1.29 is 23.1 Å². The molecule has 2 aliphatic heterocycles. The minimum absolute atomic E-state index is 0. The molecule has 0 bridgehead atoms. The average molecular weight is 591 g/mol. The zero-order chi connectivity index (χ0) is 26.5. The van der Waals surface area contributed by atoms with Gasteiger partial charge in [0.15, 0.2) is 0 Å². The summed E-state index contributed by atoms with van der Waals surface area (Å²) >= 11 is 0. The van der Waals surface area contributed by atoms with Crippen molar-refractivity contribution in [3.63, 3.8) is 0 Å². The number of nitrogens with zero attached hydrogens (tertiary/aromatic N) is 4. The third-order valence-electron chi connectivity index (χ3n) is 8.07. The van der Waals surface area contributed by atoms with Crippen LogP contribution in [0.1, 0.15) is 80.4 Å². The van der Waals surface area contributed by atoms with Crippen LogP contribution in [-0.2, 0) is 11.0 Å². The third-order valence-corrected chi connectivity index (χ3v) is 8.07. The van der Waals surface area contributed by atoms with E-state index in [1.807, 2.05) is 0 Å². The monoisotopic (exact) mass is 589 g/mol. The molecule has 5 rings (SSSR count). The number of hydrogen-bond donors (Lipinski definition) is 2. The first-order valence-electron chi connectivity index (χ1n) is 13.0. The molecule has 2 N–H and O–H groups in total. The van der Waals surface area contributed by atoms with Crippen LogP contribution in [0, 0.1) is 0 Å². The zero-order valence-electron chi connectivity index (χ0n) is 22.2. The van der Waals surface area contributed by atoms with Gasteiger partial charge in [0.1, 0.15) is 12.1 Å². The Morgan fingerprint density at radius 2 is 1.85 bits per heavy atom. The van der Waals surface area contributed by atoms with E-state index in [4.69, 9.17) is 0 Å². The van der Waals surface area contributed by atoms with Gasteiger partial charge in [-0.3, -0.25) is 4.79 Å². The number of amides is 1. The number of benzene rings is 1. The number of nitrogens with one attached hydrogen (secondary N) is 1. The Kier molecular flexibility index (Phi) is 9.47. The number of alkyl halides is 3. The van der Waals surface area contributed by atoms with Crippen LogP contribution in [0.5, 0.6) is 0 Å². The normalized spacial score (nSPS) is 24.9. The molecule has 0 radical (unpaired) electrons. The molecule has 1 amide bonds. The van der Waals surface area contributed by atoms with E-state index in [1.54, 1.807) is 11.0 Å². The third kappa shape index (κ3) is 6.29. The molecule has 0 spiro atoms. The van der Waals surface area contributed by atoms with E-state index in [2.05, 4.69) is 41.0 Å². The van der Waals surface area contributed by atoms with Gasteiger partial charge >= 0.3 is 6.18 Å². The molecule has 2 aromatic rings.